The van der Waals surface area contributed by atoms with Crippen LogP contribution in [0.25, 0.3) is 0 Å². The van der Waals surface area contributed by atoms with Crippen molar-refractivity contribution in [3.63, 3.8) is 0 Å². The number of primary amides is 1. The number of carbonyl (C=O) groups is 2. The second-order valence-corrected chi connectivity index (χ2v) is 4.95. The predicted octanol–water partition coefficient (Wildman–Crippen LogP) is -1.58. The van der Waals surface area contributed by atoms with Gasteiger partial charge in [0.2, 0.25) is 0 Å². The van der Waals surface area contributed by atoms with Crippen molar-refractivity contribution in [3.8, 4) is 0 Å². The molecule has 1 aromatic heterocycles. The fourth-order valence-corrected chi connectivity index (χ4v) is 2.02. The predicted molar refractivity (Wildman–Crippen MR) is 57.8 cm³/mol. The SMILES string of the molecule is Cn1cc(S(=O)(=O)NOCC(=O)O)cc1C(N)=O. The van der Waals surface area contributed by atoms with E-state index in [1.165, 1.54) is 11.6 Å². The number of aromatic nitrogens is 1. The van der Waals surface area contributed by atoms with Gasteiger partial charge in [0.25, 0.3) is 15.9 Å². The van der Waals surface area contributed by atoms with E-state index in [1.54, 1.807) is 4.89 Å². The van der Waals surface area contributed by atoms with Gasteiger partial charge in [0.05, 0.1) is 0 Å². The molecule has 1 heterocycles. The van der Waals surface area contributed by atoms with Gasteiger partial charge in [-0.05, 0) is 6.07 Å². The molecule has 0 aliphatic carbocycles. The zero-order valence-corrected chi connectivity index (χ0v) is 10.1. The Morgan fingerprint density at radius 3 is 2.61 bits per heavy atom. The monoisotopic (exact) mass is 277 g/mol. The zero-order chi connectivity index (χ0) is 13.9. The lowest BCUT2D eigenvalue weighted by Crippen LogP contribution is -2.26. The summed E-state index contributed by atoms with van der Waals surface area (Å²) in [4.78, 5) is 26.7. The van der Waals surface area contributed by atoms with Crippen LogP contribution in [0.1, 0.15) is 10.5 Å². The van der Waals surface area contributed by atoms with Crippen molar-refractivity contribution < 1.29 is 28.0 Å². The highest BCUT2D eigenvalue weighted by molar-refractivity contribution is 7.89. The minimum Gasteiger partial charge on any atom is -0.479 e. The minimum atomic E-state index is -4.06. The molecule has 0 saturated carbocycles. The van der Waals surface area contributed by atoms with Crippen LogP contribution in [0.15, 0.2) is 17.2 Å². The number of carboxylic acid groups (broad SMARTS) is 1. The van der Waals surface area contributed by atoms with Crippen molar-refractivity contribution in [1.29, 1.82) is 0 Å². The van der Waals surface area contributed by atoms with Crippen LogP contribution in [0.4, 0.5) is 0 Å². The number of sulfonamides is 1. The average Bonchev–Trinajstić information content (AvgIpc) is 2.60. The molecule has 18 heavy (non-hydrogen) atoms. The summed E-state index contributed by atoms with van der Waals surface area (Å²) >= 11 is 0. The molecule has 0 fully saturated rings. The summed E-state index contributed by atoms with van der Waals surface area (Å²) in [6, 6.07) is 1.05. The van der Waals surface area contributed by atoms with Gasteiger partial charge >= 0.3 is 5.97 Å². The number of rotatable bonds is 6. The van der Waals surface area contributed by atoms with Gasteiger partial charge in [-0.1, -0.05) is 4.89 Å². The first kappa shape index (κ1) is 14.2. The fraction of sp³-hybridized carbons (Fsp3) is 0.250. The summed E-state index contributed by atoms with van der Waals surface area (Å²) in [5, 5.41) is 8.28. The van der Waals surface area contributed by atoms with Crippen LogP contribution in [0, 0.1) is 0 Å². The minimum absolute atomic E-state index is 0.00592. The number of carbonyl (C=O) groups excluding carboxylic acids is 1. The zero-order valence-electron chi connectivity index (χ0n) is 9.28. The molecule has 9 nitrogen and oxygen atoms in total. The number of hydrogen-bond donors (Lipinski definition) is 3. The number of amides is 1. The topological polar surface area (TPSA) is 141 Å². The molecule has 1 amide bonds. The van der Waals surface area contributed by atoms with E-state index in [-0.39, 0.29) is 10.6 Å². The molecule has 4 N–H and O–H groups in total. The fourth-order valence-electron chi connectivity index (χ4n) is 1.14. The van der Waals surface area contributed by atoms with Crippen LogP contribution in [-0.4, -0.2) is 36.6 Å². The maximum Gasteiger partial charge on any atom is 0.331 e. The van der Waals surface area contributed by atoms with Gasteiger partial charge in [-0.3, -0.25) is 9.63 Å². The molecule has 0 radical (unpaired) electrons. The van der Waals surface area contributed by atoms with Crippen molar-refractivity contribution in [2.45, 2.75) is 4.90 Å². The van der Waals surface area contributed by atoms with Gasteiger partial charge in [-0.25, -0.2) is 13.2 Å². The van der Waals surface area contributed by atoms with E-state index < -0.39 is 28.5 Å². The normalized spacial score (nSPS) is 11.4. The van der Waals surface area contributed by atoms with Crippen LogP contribution in [0.5, 0.6) is 0 Å². The largest absolute Gasteiger partial charge is 0.479 e. The Kier molecular flexibility index (Phi) is 4.06. The Morgan fingerprint density at radius 2 is 2.17 bits per heavy atom. The highest BCUT2D eigenvalue weighted by Gasteiger charge is 2.19. The van der Waals surface area contributed by atoms with Crippen LogP contribution in [0.2, 0.25) is 0 Å². The molecule has 0 spiro atoms. The Morgan fingerprint density at radius 1 is 1.56 bits per heavy atom. The lowest BCUT2D eigenvalue weighted by molar-refractivity contribution is -0.143. The molecule has 100 valence electrons. The average molecular weight is 277 g/mol. The summed E-state index contributed by atoms with van der Waals surface area (Å²) < 4.78 is 24.4. The molecule has 1 aromatic rings. The van der Waals surface area contributed by atoms with Crippen molar-refractivity contribution in [2.24, 2.45) is 12.8 Å². The number of carboxylic acids is 1. The number of aryl methyl sites for hydroxylation is 1. The molecule has 10 heteroatoms. The summed E-state index contributed by atoms with van der Waals surface area (Å²) in [5.74, 6) is -2.12. The number of hydrogen-bond acceptors (Lipinski definition) is 5. The van der Waals surface area contributed by atoms with Crippen LogP contribution in [0.3, 0.4) is 0 Å². The molecule has 0 unspecified atom stereocenters. The summed E-state index contributed by atoms with van der Waals surface area (Å²) in [5.41, 5.74) is 5.02. The van der Waals surface area contributed by atoms with Gasteiger partial charge in [0.15, 0.2) is 6.61 Å². The quantitative estimate of drug-likeness (QED) is 0.536. The molecule has 0 saturated heterocycles. The molecular weight excluding hydrogens is 266 g/mol. The van der Waals surface area contributed by atoms with Gasteiger partial charge in [0, 0.05) is 13.2 Å². The molecule has 0 atom stereocenters. The molecule has 0 bridgehead atoms. The van der Waals surface area contributed by atoms with E-state index in [4.69, 9.17) is 10.8 Å². The van der Waals surface area contributed by atoms with Gasteiger partial charge < -0.3 is 15.4 Å². The van der Waals surface area contributed by atoms with Crippen molar-refractivity contribution in [1.82, 2.24) is 9.45 Å². The van der Waals surface area contributed by atoms with Crippen molar-refractivity contribution in [3.05, 3.63) is 18.0 Å². The van der Waals surface area contributed by atoms with E-state index in [2.05, 4.69) is 4.84 Å². The van der Waals surface area contributed by atoms with Crippen LogP contribution in [-0.2, 0) is 26.7 Å². The van der Waals surface area contributed by atoms with E-state index in [1.807, 2.05) is 0 Å². The number of nitrogens with one attached hydrogen (secondary N) is 1. The number of nitrogens with zero attached hydrogens (tertiary/aromatic N) is 1. The molecule has 0 aliphatic heterocycles. The standard InChI is InChI=1S/C8H11N3O6S/c1-11-3-5(2-6(11)8(9)14)18(15,16)10-17-4-7(12)13/h2-3,10H,4H2,1H3,(H2,9,14)(H,12,13). The lowest BCUT2D eigenvalue weighted by atomic mass is 10.4. The third-order valence-corrected chi connectivity index (χ3v) is 3.09. The molecule has 0 aromatic carbocycles. The van der Waals surface area contributed by atoms with Crippen molar-refractivity contribution >= 4 is 21.9 Å². The first-order valence-electron chi connectivity index (χ1n) is 4.55. The summed E-state index contributed by atoms with van der Waals surface area (Å²) in [6.07, 6.45) is 1.15. The van der Waals surface area contributed by atoms with E-state index >= 15 is 0 Å². The van der Waals surface area contributed by atoms with E-state index in [0.29, 0.717) is 0 Å². The van der Waals surface area contributed by atoms with Gasteiger partial charge in [-0.2, -0.15) is 0 Å². The second kappa shape index (κ2) is 5.16. The maximum absolute atomic E-state index is 11.6. The molecule has 0 aliphatic rings. The maximum atomic E-state index is 11.6. The Hall–Kier alpha value is -1.91. The molecular formula is C8H11N3O6S. The smallest absolute Gasteiger partial charge is 0.331 e. The van der Waals surface area contributed by atoms with Crippen LogP contribution >= 0.6 is 0 Å². The second-order valence-electron chi connectivity index (χ2n) is 3.31. The van der Waals surface area contributed by atoms with E-state index in [9.17, 15) is 18.0 Å². The van der Waals surface area contributed by atoms with Crippen molar-refractivity contribution in [2.75, 3.05) is 6.61 Å². The summed E-state index contributed by atoms with van der Waals surface area (Å²) in [7, 11) is -2.61. The first-order chi connectivity index (χ1) is 8.24. The van der Waals surface area contributed by atoms with Crippen LogP contribution < -0.4 is 10.6 Å². The first-order valence-corrected chi connectivity index (χ1v) is 6.04. The number of nitrogens with two attached hydrogens (primary N) is 1. The Balaban J connectivity index is 2.89. The summed E-state index contributed by atoms with van der Waals surface area (Å²) in [6.45, 7) is -0.825. The van der Waals surface area contributed by atoms with E-state index in [0.717, 1.165) is 12.3 Å². The third kappa shape index (κ3) is 3.29. The highest BCUT2D eigenvalue weighted by atomic mass is 32.2. The van der Waals surface area contributed by atoms with Gasteiger partial charge in [-0.15, -0.1) is 0 Å². The Labute approximate surface area is 102 Å². The van der Waals surface area contributed by atoms with Gasteiger partial charge in [0.1, 0.15) is 10.6 Å². The lowest BCUT2D eigenvalue weighted by Gasteiger charge is -2.02. The highest BCUT2D eigenvalue weighted by Crippen LogP contribution is 2.12. The number of aliphatic carboxylic acids is 1. The third-order valence-electron chi connectivity index (χ3n) is 1.91. The molecule has 1 rings (SSSR count). The Bertz CT molecular complexity index is 576.